The van der Waals surface area contributed by atoms with E-state index in [2.05, 4.69) is 16.4 Å². The Morgan fingerprint density at radius 1 is 1.29 bits per heavy atom. The van der Waals surface area contributed by atoms with Crippen molar-refractivity contribution in [2.75, 3.05) is 11.6 Å². The van der Waals surface area contributed by atoms with E-state index in [-0.39, 0.29) is 0 Å². The third-order valence-electron chi connectivity index (χ3n) is 2.30. The van der Waals surface area contributed by atoms with Gasteiger partial charge >= 0.3 is 0 Å². The van der Waals surface area contributed by atoms with Gasteiger partial charge in [-0.1, -0.05) is 6.07 Å². The Morgan fingerprint density at radius 3 is 2.82 bits per heavy atom. The van der Waals surface area contributed by atoms with E-state index in [1.54, 1.807) is 24.2 Å². The molecule has 1 N–H and O–H groups in total. The second kappa shape index (κ2) is 5.37. The molecule has 4 heteroatoms. The molecule has 0 bridgehead atoms. The number of benzene rings is 1. The Kier molecular flexibility index (Phi) is 3.63. The number of thioether (sulfide) groups is 1. The molecular weight excluding hydrogens is 230 g/mol. The van der Waals surface area contributed by atoms with E-state index >= 15 is 0 Å². The Hall–Kier alpha value is -1.99. The minimum atomic E-state index is 0.670. The molecule has 0 unspecified atom stereocenters. The fraction of sp³-hybridized carbons (Fsp3) is 0.0769. The summed E-state index contributed by atoms with van der Waals surface area (Å²) >= 11 is 1.57. The summed E-state index contributed by atoms with van der Waals surface area (Å²) in [5.74, 6) is 0. The summed E-state index contributed by atoms with van der Waals surface area (Å²) in [6.45, 7) is 0. The van der Waals surface area contributed by atoms with Gasteiger partial charge in [-0.15, -0.1) is 11.8 Å². The van der Waals surface area contributed by atoms with Crippen molar-refractivity contribution in [2.45, 2.75) is 4.90 Å². The summed E-state index contributed by atoms with van der Waals surface area (Å²) in [5, 5.41) is 12.4. The van der Waals surface area contributed by atoms with Gasteiger partial charge in [0.05, 0.1) is 23.1 Å². The molecule has 0 saturated heterocycles. The van der Waals surface area contributed by atoms with Crippen molar-refractivity contribution in [2.24, 2.45) is 0 Å². The lowest BCUT2D eigenvalue weighted by Gasteiger charge is -2.09. The van der Waals surface area contributed by atoms with E-state index in [4.69, 9.17) is 0 Å². The van der Waals surface area contributed by atoms with Gasteiger partial charge in [0, 0.05) is 11.1 Å². The summed E-state index contributed by atoms with van der Waals surface area (Å²) in [4.78, 5) is 5.00. The predicted molar refractivity (Wildman–Crippen MR) is 70.5 cm³/mol. The highest BCUT2D eigenvalue weighted by Gasteiger charge is 2.07. The first-order chi connectivity index (χ1) is 8.35. The molecule has 17 heavy (non-hydrogen) atoms. The molecule has 0 aliphatic rings. The zero-order chi connectivity index (χ0) is 12.1. The van der Waals surface area contributed by atoms with Crippen molar-refractivity contribution in [1.29, 1.82) is 5.26 Å². The molecule has 0 radical (unpaired) electrons. The number of hydrogen-bond donors (Lipinski definition) is 1. The van der Waals surface area contributed by atoms with E-state index in [1.165, 1.54) is 0 Å². The van der Waals surface area contributed by atoms with Gasteiger partial charge in [0.2, 0.25) is 0 Å². The summed E-state index contributed by atoms with van der Waals surface area (Å²) in [6.07, 6.45) is 5.41. The van der Waals surface area contributed by atoms with Crippen LogP contribution in [0.15, 0.2) is 47.6 Å². The third-order valence-corrected chi connectivity index (χ3v) is 3.08. The summed E-state index contributed by atoms with van der Waals surface area (Å²) < 4.78 is 0. The van der Waals surface area contributed by atoms with Crippen LogP contribution in [0.2, 0.25) is 0 Å². The van der Waals surface area contributed by atoms with E-state index in [0.717, 1.165) is 16.3 Å². The molecule has 0 fully saturated rings. The zero-order valence-corrected chi connectivity index (χ0v) is 10.2. The lowest BCUT2D eigenvalue weighted by atomic mass is 10.2. The van der Waals surface area contributed by atoms with Crippen molar-refractivity contribution < 1.29 is 0 Å². The minimum absolute atomic E-state index is 0.670. The largest absolute Gasteiger partial charge is 0.353 e. The van der Waals surface area contributed by atoms with Crippen LogP contribution in [-0.2, 0) is 0 Å². The topological polar surface area (TPSA) is 48.7 Å². The number of nitrogens with one attached hydrogen (secondary N) is 1. The Morgan fingerprint density at radius 2 is 2.18 bits per heavy atom. The number of pyridine rings is 1. The van der Waals surface area contributed by atoms with Gasteiger partial charge in [0.15, 0.2) is 0 Å². The summed E-state index contributed by atoms with van der Waals surface area (Å²) in [5.41, 5.74) is 2.36. The first-order valence-electron chi connectivity index (χ1n) is 5.09. The quantitative estimate of drug-likeness (QED) is 0.836. The van der Waals surface area contributed by atoms with Crippen LogP contribution in [0.3, 0.4) is 0 Å². The molecule has 1 heterocycles. The maximum atomic E-state index is 9.19. The minimum Gasteiger partial charge on any atom is -0.353 e. The van der Waals surface area contributed by atoms with Crippen molar-refractivity contribution in [3.8, 4) is 6.07 Å². The number of nitriles is 1. The zero-order valence-electron chi connectivity index (χ0n) is 9.34. The fourth-order valence-electron chi connectivity index (χ4n) is 1.51. The molecule has 0 atom stereocenters. The van der Waals surface area contributed by atoms with Crippen LogP contribution < -0.4 is 5.32 Å². The molecule has 1 aromatic carbocycles. The molecule has 0 amide bonds. The van der Waals surface area contributed by atoms with Crippen molar-refractivity contribution >= 4 is 23.1 Å². The van der Waals surface area contributed by atoms with E-state index in [0.29, 0.717) is 5.56 Å². The molecule has 84 valence electrons. The van der Waals surface area contributed by atoms with Gasteiger partial charge < -0.3 is 5.32 Å². The SMILES string of the molecule is CSc1cccc(Nc2cccnc2)c1C#N. The average Bonchev–Trinajstić information content (AvgIpc) is 2.39. The molecule has 0 aliphatic heterocycles. The van der Waals surface area contributed by atoms with Gasteiger partial charge in [-0.05, 0) is 30.5 Å². The van der Waals surface area contributed by atoms with Crippen molar-refractivity contribution in [3.05, 3.63) is 48.3 Å². The van der Waals surface area contributed by atoms with E-state index in [9.17, 15) is 5.26 Å². The average molecular weight is 241 g/mol. The highest BCUT2D eigenvalue weighted by Crippen LogP contribution is 2.28. The first-order valence-corrected chi connectivity index (χ1v) is 6.32. The molecule has 2 rings (SSSR count). The van der Waals surface area contributed by atoms with Gasteiger partial charge in [-0.3, -0.25) is 4.98 Å². The lowest BCUT2D eigenvalue weighted by Crippen LogP contribution is -1.95. The molecule has 3 nitrogen and oxygen atoms in total. The standard InChI is InChI=1S/C13H11N3S/c1-17-13-6-2-5-12(11(13)8-14)16-10-4-3-7-15-9-10/h2-7,9,16H,1H3. The van der Waals surface area contributed by atoms with Crippen LogP contribution in [0, 0.1) is 11.3 Å². The highest BCUT2D eigenvalue weighted by atomic mass is 32.2. The Balaban J connectivity index is 2.37. The van der Waals surface area contributed by atoms with Crippen molar-refractivity contribution in [1.82, 2.24) is 4.98 Å². The van der Waals surface area contributed by atoms with Crippen LogP contribution in [0.4, 0.5) is 11.4 Å². The maximum absolute atomic E-state index is 9.19. The first kappa shape index (κ1) is 11.5. The summed E-state index contributed by atoms with van der Waals surface area (Å²) in [6, 6.07) is 11.8. The van der Waals surface area contributed by atoms with Gasteiger partial charge in [0.25, 0.3) is 0 Å². The van der Waals surface area contributed by atoms with Gasteiger partial charge in [-0.25, -0.2) is 0 Å². The van der Waals surface area contributed by atoms with Gasteiger partial charge in [0.1, 0.15) is 6.07 Å². The van der Waals surface area contributed by atoms with Crippen LogP contribution >= 0.6 is 11.8 Å². The normalized spacial score (nSPS) is 9.65. The smallest absolute Gasteiger partial charge is 0.103 e. The molecule has 0 spiro atoms. The highest BCUT2D eigenvalue weighted by molar-refractivity contribution is 7.98. The Bertz CT molecular complexity index is 546. The van der Waals surface area contributed by atoms with Crippen LogP contribution in [0.5, 0.6) is 0 Å². The van der Waals surface area contributed by atoms with Gasteiger partial charge in [-0.2, -0.15) is 5.26 Å². The van der Waals surface area contributed by atoms with Crippen LogP contribution in [0.25, 0.3) is 0 Å². The summed E-state index contributed by atoms with van der Waals surface area (Å²) in [7, 11) is 0. The number of anilines is 2. The van der Waals surface area contributed by atoms with Crippen molar-refractivity contribution in [3.63, 3.8) is 0 Å². The van der Waals surface area contributed by atoms with Crippen LogP contribution in [0.1, 0.15) is 5.56 Å². The Labute approximate surface area is 105 Å². The number of aromatic nitrogens is 1. The number of nitrogens with zero attached hydrogens (tertiary/aromatic N) is 2. The van der Waals surface area contributed by atoms with Crippen LogP contribution in [-0.4, -0.2) is 11.2 Å². The monoisotopic (exact) mass is 241 g/mol. The second-order valence-electron chi connectivity index (χ2n) is 3.36. The fourth-order valence-corrected chi connectivity index (χ4v) is 2.09. The lowest BCUT2D eigenvalue weighted by molar-refractivity contribution is 1.31. The van der Waals surface area contributed by atoms with E-state index < -0.39 is 0 Å². The molecule has 0 aliphatic carbocycles. The number of rotatable bonds is 3. The molecule has 1 aromatic heterocycles. The predicted octanol–water partition coefficient (Wildman–Crippen LogP) is 3.42. The third kappa shape index (κ3) is 2.58. The molecular formula is C13H11N3S. The number of hydrogen-bond acceptors (Lipinski definition) is 4. The maximum Gasteiger partial charge on any atom is 0.103 e. The van der Waals surface area contributed by atoms with E-state index in [1.807, 2.05) is 36.6 Å². The molecule has 2 aromatic rings. The second-order valence-corrected chi connectivity index (χ2v) is 4.21. The molecule has 0 saturated carbocycles.